The van der Waals surface area contributed by atoms with Gasteiger partial charge in [-0.25, -0.2) is 4.68 Å². The molecule has 2 aromatic carbocycles. The largest absolute Gasteiger partial charge is 0.488 e. The molecule has 1 aromatic heterocycles. The van der Waals surface area contributed by atoms with Crippen LogP contribution in [0.4, 0.5) is 0 Å². The van der Waals surface area contributed by atoms with Crippen LogP contribution in [-0.4, -0.2) is 21.1 Å². The smallest absolute Gasteiger partial charge is 0.141 e. The van der Waals surface area contributed by atoms with Gasteiger partial charge >= 0.3 is 0 Å². The summed E-state index contributed by atoms with van der Waals surface area (Å²) in [7, 11) is 0. The monoisotopic (exact) mass is 346 g/mol. The molecule has 0 radical (unpaired) electrons. The molecule has 0 saturated heterocycles. The Balaban J connectivity index is 1.75. The fourth-order valence-corrected chi connectivity index (χ4v) is 2.36. The van der Waals surface area contributed by atoms with Crippen molar-refractivity contribution < 1.29 is 4.74 Å². The number of hydrogen-bond acceptors (Lipinski definition) is 4. The highest BCUT2D eigenvalue weighted by molar-refractivity contribution is 6.35. The van der Waals surface area contributed by atoms with E-state index in [1.807, 2.05) is 30.3 Å². The van der Waals surface area contributed by atoms with Gasteiger partial charge in [0.15, 0.2) is 0 Å². The predicted octanol–water partition coefficient (Wildman–Crippen LogP) is 4.05. The van der Waals surface area contributed by atoms with Gasteiger partial charge in [0.1, 0.15) is 25.0 Å². The summed E-state index contributed by atoms with van der Waals surface area (Å²) in [5, 5.41) is 12.8. The number of para-hydroxylation sites is 1. The van der Waals surface area contributed by atoms with E-state index in [1.54, 1.807) is 18.3 Å². The van der Waals surface area contributed by atoms with Gasteiger partial charge in [-0.3, -0.25) is 0 Å². The molecule has 0 fully saturated rings. The van der Waals surface area contributed by atoms with E-state index in [-0.39, 0.29) is 0 Å². The van der Waals surface area contributed by atoms with Crippen LogP contribution in [-0.2, 0) is 6.61 Å². The molecule has 3 rings (SSSR count). The van der Waals surface area contributed by atoms with Gasteiger partial charge in [0.2, 0.25) is 0 Å². The summed E-state index contributed by atoms with van der Waals surface area (Å²) in [4.78, 5) is 0. The van der Waals surface area contributed by atoms with E-state index >= 15 is 0 Å². The number of aromatic nitrogens is 3. The van der Waals surface area contributed by atoms with Crippen molar-refractivity contribution in [3.8, 4) is 5.75 Å². The van der Waals surface area contributed by atoms with E-state index < -0.39 is 0 Å². The highest BCUT2D eigenvalue weighted by Crippen LogP contribution is 2.23. The minimum absolute atomic E-state index is 0.341. The molecule has 3 aromatic rings. The van der Waals surface area contributed by atoms with Gasteiger partial charge in [-0.2, -0.15) is 5.10 Å². The first-order valence-corrected chi connectivity index (χ1v) is 7.53. The maximum atomic E-state index is 6.16. The lowest BCUT2D eigenvalue weighted by molar-refractivity contribution is 0.306. The van der Waals surface area contributed by atoms with Crippen LogP contribution in [0.1, 0.15) is 11.1 Å². The van der Waals surface area contributed by atoms with Crippen LogP contribution < -0.4 is 4.74 Å². The summed E-state index contributed by atoms with van der Waals surface area (Å²) in [6, 6.07) is 12.9. The van der Waals surface area contributed by atoms with E-state index in [1.165, 1.54) is 17.3 Å². The normalized spacial score (nSPS) is 11.0. The Morgan fingerprint density at radius 2 is 1.87 bits per heavy atom. The fourth-order valence-electron chi connectivity index (χ4n) is 1.90. The van der Waals surface area contributed by atoms with Gasteiger partial charge in [-0.1, -0.05) is 41.4 Å². The average molecular weight is 347 g/mol. The molecule has 0 aliphatic carbocycles. The fraction of sp³-hybridized carbons (Fsp3) is 0.0625. The number of ether oxygens (including phenoxy) is 1. The summed E-state index contributed by atoms with van der Waals surface area (Å²) in [5.74, 6) is 0.704. The molecule has 0 N–H and O–H groups in total. The van der Waals surface area contributed by atoms with Crippen LogP contribution in [0.3, 0.4) is 0 Å². The van der Waals surface area contributed by atoms with Crippen molar-refractivity contribution in [2.75, 3.05) is 0 Å². The third-order valence-electron chi connectivity index (χ3n) is 3.05. The summed E-state index contributed by atoms with van der Waals surface area (Å²) in [6.45, 7) is 0.341. The van der Waals surface area contributed by atoms with E-state index in [9.17, 15) is 0 Å². The van der Waals surface area contributed by atoms with Crippen molar-refractivity contribution in [1.82, 2.24) is 14.9 Å². The van der Waals surface area contributed by atoms with Gasteiger partial charge < -0.3 is 4.74 Å². The first-order chi connectivity index (χ1) is 11.2. The quantitative estimate of drug-likeness (QED) is 0.655. The Bertz CT molecular complexity index is 819. The number of nitrogens with zero attached hydrogens (tertiary/aromatic N) is 4. The Morgan fingerprint density at radius 1 is 1.09 bits per heavy atom. The molecular formula is C16H12Cl2N4O. The Hall–Kier alpha value is -2.37. The lowest BCUT2D eigenvalue weighted by Gasteiger charge is -2.10. The molecule has 0 aliphatic heterocycles. The lowest BCUT2D eigenvalue weighted by atomic mass is 10.2. The van der Waals surface area contributed by atoms with E-state index in [4.69, 9.17) is 27.9 Å². The van der Waals surface area contributed by atoms with Crippen molar-refractivity contribution in [1.29, 1.82) is 0 Å². The standard InChI is InChI=1S/C16H12Cl2N4O/c17-14-6-5-13(15(18)7-14)9-23-16-4-2-1-3-12(16)8-21-22-10-19-20-11-22/h1-8,10-11H,9H2. The zero-order valence-corrected chi connectivity index (χ0v) is 13.4. The van der Waals surface area contributed by atoms with Crippen LogP contribution in [0.5, 0.6) is 5.75 Å². The molecule has 7 heteroatoms. The van der Waals surface area contributed by atoms with Crippen LogP contribution >= 0.6 is 23.2 Å². The number of rotatable bonds is 5. The minimum Gasteiger partial charge on any atom is -0.488 e. The second kappa shape index (κ2) is 7.26. The molecule has 23 heavy (non-hydrogen) atoms. The Kier molecular flexibility index (Phi) is 4.90. The molecule has 1 heterocycles. The average Bonchev–Trinajstić information content (AvgIpc) is 3.06. The molecule has 116 valence electrons. The number of halogens is 2. The molecular weight excluding hydrogens is 335 g/mol. The highest BCUT2D eigenvalue weighted by Gasteiger charge is 2.05. The summed E-state index contributed by atoms with van der Waals surface area (Å²) in [5.41, 5.74) is 1.70. The van der Waals surface area contributed by atoms with E-state index in [2.05, 4.69) is 15.3 Å². The van der Waals surface area contributed by atoms with Gasteiger partial charge in [0.05, 0.1) is 6.21 Å². The van der Waals surface area contributed by atoms with Crippen molar-refractivity contribution in [2.45, 2.75) is 6.61 Å². The molecule has 5 nitrogen and oxygen atoms in total. The second-order valence-corrected chi connectivity index (χ2v) is 5.49. The maximum Gasteiger partial charge on any atom is 0.141 e. The lowest BCUT2D eigenvalue weighted by Crippen LogP contribution is -1.99. The number of hydrogen-bond donors (Lipinski definition) is 0. The Morgan fingerprint density at radius 3 is 2.65 bits per heavy atom. The van der Waals surface area contributed by atoms with Crippen molar-refractivity contribution >= 4 is 29.4 Å². The van der Waals surface area contributed by atoms with E-state index in [0.29, 0.717) is 22.4 Å². The Labute approximate surface area is 143 Å². The predicted molar refractivity (Wildman–Crippen MR) is 90.3 cm³/mol. The highest BCUT2D eigenvalue weighted by atomic mass is 35.5. The first-order valence-electron chi connectivity index (χ1n) is 6.77. The second-order valence-electron chi connectivity index (χ2n) is 4.65. The molecule has 0 bridgehead atoms. The topological polar surface area (TPSA) is 52.3 Å². The van der Waals surface area contributed by atoms with Gasteiger partial charge in [0.25, 0.3) is 0 Å². The molecule has 0 amide bonds. The molecule has 0 unspecified atom stereocenters. The zero-order valence-electron chi connectivity index (χ0n) is 11.9. The van der Waals surface area contributed by atoms with Gasteiger partial charge in [0, 0.05) is 21.2 Å². The molecule has 0 saturated carbocycles. The van der Waals surface area contributed by atoms with Crippen molar-refractivity contribution in [3.63, 3.8) is 0 Å². The molecule has 0 spiro atoms. The molecule has 0 aliphatic rings. The number of benzene rings is 2. The summed E-state index contributed by atoms with van der Waals surface area (Å²) >= 11 is 12.1. The van der Waals surface area contributed by atoms with Crippen LogP contribution in [0.15, 0.2) is 60.2 Å². The molecule has 0 atom stereocenters. The van der Waals surface area contributed by atoms with Crippen LogP contribution in [0.25, 0.3) is 0 Å². The first kappa shape index (κ1) is 15.5. The SMILES string of the molecule is Clc1ccc(COc2ccccc2C=Nn2cnnc2)c(Cl)c1. The summed E-state index contributed by atoms with van der Waals surface area (Å²) in [6.07, 6.45) is 4.70. The van der Waals surface area contributed by atoms with Crippen molar-refractivity contribution in [2.24, 2.45) is 5.10 Å². The maximum absolute atomic E-state index is 6.16. The van der Waals surface area contributed by atoms with E-state index in [0.717, 1.165) is 11.1 Å². The minimum atomic E-state index is 0.341. The van der Waals surface area contributed by atoms with Gasteiger partial charge in [-0.05, 0) is 24.3 Å². The third kappa shape index (κ3) is 4.09. The summed E-state index contributed by atoms with van der Waals surface area (Å²) < 4.78 is 7.36. The third-order valence-corrected chi connectivity index (χ3v) is 3.64. The van der Waals surface area contributed by atoms with Crippen LogP contribution in [0.2, 0.25) is 10.0 Å². The van der Waals surface area contributed by atoms with Crippen LogP contribution in [0, 0.1) is 0 Å². The van der Waals surface area contributed by atoms with Gasteiger partial charge in [-0.15, -0.1) is 10.2 Å². The zero-order chi connectivity index (χ0) is 16.1. The van der Waals surface area contributed by atoms with Crippen molar-refractivity contribution in [3.05, 3.63) is 76.3 Å².